The second kappa shape index (κ2) is 8.22. The molecule has 2 rings (SSSR count). The molecule has 6 heteroatoms. The minimum Gasteiger partial charge on any atom is -0.316 e. The van der Waals surface area contributed by atoms with Crippen LogP contribution in [-0.4, -0.2) is 23.3 Å². The van der Waals surface area contributed by atoms with Crippen LogP contribution in [-0.2, 0) is 6.42 Å². The van der Waals surface area contributed by atoms with Crippen LogP contribution in [0, 0.1) is 5.92 Å². The molecule has 1 aromatic carbocycles. The number of aromatic nitrogens is 2. The van der Waals surface area contributed by atoms with E-state index in [-0.39, 0.29) is 0 Å². The summed E-state index contributed by atoms with van der Waals surface area (Å²) in [6, 6.07) is 5.83. The molecule has 3 nitrogen and oxygen atoms in total. The molecule has 0 spiro atoms. The molecule has 0 fully saturated rings. The van der Waals surface area contributed by atoms with Crippen molar-refractivity contribution in [3.63, 3.8) is 0 Å². The molecule has 1 heterocycles. The maximum absolute atomic E-state index is 6.01. The van der Waals surface area contributed by atoms with Crippen molar-refractivity contribution >= 4 is 38.9 Å². The van der Waals surface area contributed by atoms with Gasteiger partial charge in [0.05, 0.1) is 5.02 Å². The molecule has 0 saturated carbocycles. The third kappa shape index (κ3) is 5.33. The van der Waals surface area contributed by atoms with Gasteiger partial charge in [-0.25, -0.2) is 0 Å². The maximum atomic E-state index is 6.01. The largest absolute Gasteiger partial charge is 0.316 e. The predicted molar refractivity (Wildman–Crippen MR) is 94.1 cm³/mol. The molecule has 114 valence electrons. The van der Waals surface area contributed by atoms with Crippen molar-refractivity contribution < 1.29 is 0 Å². The minimum atomic E-state index is 0.696. The van der Waals surface area contributed by atoms with Gasteiger partial charge in [0.15, 0.2) is 0 Å². The summed E-state index contributed by atoms with van der Waals surface area (Å²) in [4.78, 5) is 0. The van der Waals surface area contributed by atoms with E-state index in [1.54, 1.807) is 11.3 Å². The van der Waals surface area contributed by atoms with Crippen molar-refractivity contribution in [2.45, 2.75) is 26.7 Å². The highest BCUT2D eigenvalue weighted by Gasteiger charge is 2.08. The van der Waals surface area contributed by atoms with Crippen molar-refractivity contribution in [2.24, 2.45) is 5.92 Å². The number of rotatable bonds is 7. The average Bonchev–Trinajstić information content (AvgIpc) is 2.90. The Morgan fingerprint density at radius 3 is 2.86 bits per heavy atom. The van der Waals surface area contributed by atoms with Crippen molar-refractivity contribution in [3.8, 4) is 10.6 Å². The van der Waals surface area contributed by atoms with E-state index in [0.29, 0.717) is 10.9 Å². The van der Waals surface area contributed by atoms with Crippen LogP contribution in [0.2, 0.25) is 5.02 Å². The monoisotopic (exact) mass is 387 g/mol. The van der Waals surface area contributed by atoms with E-state index in [0.717, 1.165) is 46.0 Å². The van der Waals surface area contributed by atoms with E-state index in [1.165, 1.54) is 0 Å². The van der Waals surface area contributed by atoms with Gasteiger partial charge >= 0.3 is 0 Å². The molecule has 2 aromatic rings. The summed E-state index contributed by atoms with van der Waals surface area (Å²) in [5.74, 6) is 0.696. The van der Waals surface area contributed by atoms with E-state index in [1.807, 2.05) is 18.2 Å². The fraction of sp³-hybridized carbons (Fsp3) is 0.467. The van der Waals surface area contributed by atoms with Gasteiger partial charge in [-0.05, 0) is 53.5 Å². The molecule has 0 unspecified atom stereocenters. The number of nitrogens with one attached hydrogen (secondary N) is 1. The Hall–Kier alpha value is -0.490. The summed E-state index contributed by atoms with van der Waals surface area (Å²) >= 11 is 11.1. The fourth-order valence-corrected chi connectivity index (χ4v) is 3.23. The van der Waals surface area contributed by atoms with Crippen molar-refractivity contribution in [1.82, 2.24) is 15.5 Å². The van der Waals surface area contributed by atoms with E-state index in [2.05, 4.69) is 45.3 Å². The van der Waals surface area contributed by atoms with Gasteiger partial charge in [0.2, 0.25) is 0 Å². The van der Waals surface area contributed by atoms with Crippen LogP contribution >= 0.6 is 38.9 Å². The first kappa shape index (κ1) is 16.9. The van der Waals surface area contributed by atoms with Crippen LogP contribution in [0.3, 0.4) is 0 Å². The van der Waals surface area contributed by atoms with Gasteiger partial charge in [0, 0.05) is 16.5 Å². The quantitative estimate of drug-likeness (QED) is 0.692. The zero-order valence-corrected chi connectivity index (χ0v) is 15.4. The molecule has 0 saturated heterocycles. The number of benzene rings is 1. The minimum absolute atomic E-state index is 0.696. The molecule has 0 aliphatic carbocycles. The van der Waals surface area contributed by atoms with Crippen LogP contribution in [0.15, 0.2) is 22.7 Å². The van der Waals surface area contributed by atoms with Gasteiger partial charge in [-0.3, -0.25) is 0 Å². The van der Waals surface area contributed by atoms with E-state index in [4.69, 9.17) is 11.6 Å². The number of hydrogen-bond donors (Lipinski definition) is 1. The number of nitrogens with zero attached hydrogens (tertiary/aromatic N) is 2. The number of halogens is 2. The zero-order valence-electron chi connectivity index (χ0n) is 12.2. The fourth-order valence-electron chi connectivity index (χ4n) is 1.86. The Bertz CT molecular complexity index is 586. The third-order valence-corrected chi connectivity index (χ3v) is 5.18. The number of aryl methyl sites for hydroxylation is 1. The zero-order chi connectivity index (χ0) is 15.2. The first-order valence-electron chi connectivity index (χ1n) is 7.05. The second-order valence-electron chi connectivity index (χ2n) is 5.33. The van der Waals surface area contributed by atoms with Crippen molar-refractivity contribution in [2.75, 3.05) is 13.1 Å². The normalized spacial score (nSPS) is 11.3. The highest BCUT2D eigenvalue weighted by atomic mass is 79.9. The Balaban J connectivity index is 1.87. The van der Waals surface area contributed by atoms with Gasteiger partial charge in [0.1, 0.15) is 10.0 Å². The van der Waals surface area contributed by atoms with Crippen LogP contribution in [0.5, 0.6) is 0 Å². The van der Waals surface area contributed by atoms with E-state index >= 15 is 0 Å². The molecule has 0 radical (unpaired) electrons. The highest BCUT2D eigenvalue weighted by molar-refractivity contribution is 9.10. The molecule has 1 N–H and O–H groups in total. The summed E-state index contributed by atoms with van der Waals surface area (Å²) < 4.78 is 0.885. The third-order valence-electron chi connectivity index (χ3n) is 2.93. The van der Waals surface area contributed by atoms with E-state index in [9.17, 15) is 0 Å². The second-order valence-corrected chi connectivity index (χ2v) is 7.65. The van der Waals surface area contributed by atoms with Crippen LogP contribution in [0.25, 0.3) is 10.6 Å². The summed E-state index contributed by atoms with van der Waals surface area (Å²) in [5, 5.41) is 14.7. The smallest absolute Gasteiger partial charge is 0.147 e. The Morgan fingerprint density at radius 2 is 2.14 bits per heavy atom. The lowest BCUT2D eigenvalue weighted by Gasteiger charge is -2.05. The first-order chi connectivity index (χ1) is 10.1. The highest BCUT2D eigenvalue weighted by Crippen LogP contribution is 2.30. The SMILES string of the molecule is CC(C)CNCCCc1nnc(-c2ccc(Cl)c(Br)c2)s1. The van der Waals surface area contributed by atoms with Crippen LogP contribution in [0.4, 0.5) is 0 Å². The summed E-state index contributed by atoms with van der Waals surface area (Å²) in [7, 11) is 0. The summed E-state index contributed by atoms with van der Waals surface area (Å²) in [5.41, 5.74) is 1.05. The van der Waals surface area contributed by atoms with Crippen LogP contribution in [0.1, 0.15) is 25.3 Å². The molecule has 0 aliphatic heterocycles. The Kier molecular flexibility index (Phi) is 6.61. The standard InChI is InChI=1S/C15H19BrClN3S/c1-10(2)9-18-7-3-4-14-19-20-15(21-14)11-5-6-13(17)12(16)8-11/h5-6,8,10,18H,3-4,7,9H2,1-2H3. The molecule has 0 aliphatic rings. The average molecular weight is 389 g/mol. The van der Waals surface area contributed by atoms with E-state index < -0.39 is 0 Å². The lowest BCUT2D eigenvalue weighted by atomic mass is 10.2. The summed E-state index contributed by atoms with van der Waals surface area (Å²) in [6.07, 6.45) is 2.06. The molecule has 0 bridgehead atoms. The Labute approximate surface area is 143 Å². The molecule has 1 aromatic heterocycles. The topological polar surface area (TPSA) is 37.8 Å². The van der Waals surface area contributed by atoms with Gasteiger partial charge in [0.25, 0.3) is 0 Å². The Morgan fingerprint density at radius 1 is 1.33 bits per heavy atom. The van der Waals surface area contributed by atoms with Crippen LogP contribution < -0.4 is 5.32 Å². The van der Waals surface area contributed by atoms with Crippen molar-refractivity contribution in [1.29, 1.82) is 0 Å². The number of hydrogen-bond acceptors (Lipinski definition) is 4. The summed E-state index contributed by atoms with van der Waals surface area (Å²) in [6.45, 7) is 6.53. The first-order valence-corrected chi connectivity index (χ1v) is 9.03. The van der Waals surface area contributed by atoms with Gasteiger partial charge in [-0.2, -0.15) is 0 Å². The van der Waals surface area contributed by atoms with Gasteiger partial charge in [-0.1, -0.05) is 42.9 Å². The van der Waals surface area contributed by atoms with Gasteiger partial charge < -0.3 is 5.32 Å². The van der Waals surface area contributed by atoms with Gasteiger partial charge in [-0.15, -0.1) is 10.2 Å². The molecule has 0 amide bonds. The lowest BCUT2D eigenvalue weighted by Crippen LogP contribution is -2.21. The lowest BCUT2D eigenvalue weighted by molar-refractivity contribution is 0.542. The predicted octanol–water partition coefficient (Wildman–Crippen LogP) is 4.80. The van der Waals surface area contributed by atoms with Crippen molar-refractivity contribution in [3.05, 3.63) is 32.7 Å². The molecular weight excluding hydrogens is 370 g/mol. The molecule has 0 atom stereocenters. The maximum Gasteiger partial charge on any atom is 0.147 e. The molecule has 21 heavy (non-hydrogen) atoms. The molecular formula is C15H19BrClN3S.